The average molecular weight is 260 g/mol. The Hall–Kier alpha value is -0.240. The van der Waals surface area contributed by atoms with Crippen molar-refractivity contribution < 1.29 is 0 Å². The molecule has 0 radical (unpaired) electrons. The van der Waals surface area contributed by atoms with Crippen LogP contribution in [0.2, 0.25) is 10.0 Å². The molecule has 0 saturated carbocycles. The molecule has 0 aliphatic rings. The van der Waals surface area contributed by atoms with E-state index >= 15 is 0 Å². The normalized spacial score (nSPS) is 12.8. The van der Waals surface area contributed by atoms with Crippen LogP contribution in [0.25, 0.3) is 0 Å². The van der Waals surface area contributed by atoms with Gasteiger partial charge in [-0.15, -0.1) is 0 Å². The van der Waals surface area contributed by atoms with Gasteiger partial charge in [0.15, 0.2) is 0 Å². The molecule has 1 N–H and O–H groups in total. The molecule has 90 valence electrons. The van der Waals surface area contributed by atoms with Gasteiger partial charge in [0.2, 0.25) is 0 Å². The quantitative estimate of drug-likeness (QED) is 0.809. The molecule has 0 amide bonds. The molecule has 1 rings (SSSR count). The first kappa shape index (κ1) is 13.8. The zero-order chi connectivity index (χ0) is 12.0. The molecule has 0 fully saturated rings. The summed E-state index contributed by atoms with van der Waals surface area (Å²) in [5.74, 6) is 0.711. The van der Waals surface area contributed by atoms with Crippen molar-refractivity contribution in [2.24, 2.45) is 5.92 Å². The zero-order valence-electron chi connectivity index (χ0n) is 9.89. The van der Waals surface area contributed by atoms with Crippen molar-refractivity contribution in [2.75, 3.05) is 13.6 Å². The summed E-state index contributed by atoms with van der Waals surface area (Å²) in [6, 6.07) is 5.67. The highest BCUT2D eigenvalue weighted by Crippen LogP contribution is 2.23. The lowest BCUT2D eigenvalue weighted by atomic mass is 9.98. The lowest BCUT2D eigenvalue weighted by Crippen LogP contribution is -2.11. The van der Waals surface area contributed by atoms with Crippen LogP contribution in [-0.2, 0) is 6.42 Å². The molecular formula is C13H19Cl2N. The summed E-state index contributed by atoms with van der Waals surface area (Å²) < 4.78 is 0. The van der Waals surface area contributed by atoms with Crippen LogP contribution < -0.4 is 5.32 Å². The van der Waals surface area contributed by atoms with Crippen LogP contribution in [0.5, 0.6) is 0 Å². The molecule has 0 bridgehead atoms. The minimum absolute atomic E-state index is 0.711. The largest absolute Gasteiger partial charge is 0.320 e. The van der Waals surface area contributed by atoms with Crippen molar-refractivity contribution in [1.29, 1.82) is 0 Å². The maximum Gasteiger partial charge on any atom is 0.0439 e. The topological polar surface area (TPSA) is 12.0 Å². The van der Waals surface area contributed by atoms with Gasteiger partial charge in [-0.2, -0.15) is 0 Å². The molecule has 16 heavy (non-hydrogen) atoms. The number of rotatable bonds is 6. The van der Waals surface area contributed by atoms with Crippen molar-refractivity contribution in [3.8, 4) is 0 Å². The fraction of sp³-hybridized carbons (Fsp3) is 0.538. The predicted molar refractivity (Wildman–Crippen MR) is 72.5 cm³/mol. The molecule has 1 atom stereocenters. The SMILES string of the molecule is CNCCC(C)CCc1cc(Cl)ccc1Cl. The van der Waals surface area contributed by atoms with Gasteiger partial charge in [-0.1, -0.05) is 30.1 Å². The third-order valence-corrected chi connectivity index (χ3v) is 3.41. The number of hydrogen-bond donors (Lipinski definition) is 1. The monoisotopic (exact) mass is 259 g/mol. The Labute approximate surface area is 108 Å². The van der Waals surface area contributed by atoms with Crippen LogP contribution >= 0.6 is 23.2 Å². The Bertz CT molecular complexity index is 326. The van der Waals surface area contributed by atoms with Gasteiger partial charge in [-0.3, -0.25) is 0 Å². The molecule has 0 spiro atoms. The Morgan fingerprint density at radius 1 is 1.25 bits per heavy atom. The van der Waals surface area contributed by atoms with Crippen molar-refractivity contribution in [3.63, 3.8) is 0 Å². The van der Waals surface area contributed by atoms with E-state index in [4.69, 9.17) is 23.2 Å². The average Bonchev–Trinajstić information content (AvgIpc) is 2.27. The fourth-order valence-corrected chi connectivity index (χ4v) is 2.08. The standard InChI is InChI=1S/C13H19Cl2N/c1-10(7-8-16-2)3-4-11-9-12(14)5-6-13(11)15/h5-6,9-10,16H,3-4,7-8H2,1-2H3. The second kappa shape index (κ2) is 7.16. The van der Waals surface area contributed by atoms with E-state index in [0.29, 0.717) is 5.92 Å². The first-order chi connectivity index (χ1) is 7.63. The minimum atomic E-state index is 0.711. The lowest BCUT2D eigenvalue weighted by Gasteiger charge is -2.11. The summed E-state index contributed by atoms with van der Waals surface area (Å²) in [7, 11) is 1.99. The van der Waals surface area contributed by atoms with E-state index in [-0.39, 0.29) is 0 Å². The number of nitrogens with one attached hydrogen (secondary N) is 1. The molecule has 3 heteroatoms. The Balaban J connectivity index is 2.44. The summed E-state index contributed by atoms with van der Waals surface area (Å²) in [5.41, 5.74) is 1.16. The van der Waals surface area contributed by atoms with Gasteiger partial charge < -0.3 is 5.32 Å². The predicted octanol–water partition coefficient (Wildman–Crippen LogP) is 4.17. The van der Waals surface area contributed by atoms with Crippen molar-refractivity contribution in [1.82, 2.24) is 5.32 Å². The van der Waals surface area contributed by atoms with Crippen molar-refractivity contribution >= 4 is 23.2 Å². The van der Waals surface area contributed by atoms with Gasteiger partial charge >= 0.3 is 0 Å². The molecule has 0 aromatic heterocycles. The maximum atomic E-state index is 6.11. The summed E-state index contributed by atoms with van der Waals surface area (Å²) >= 11 is 12.1. The summed E-state index contributed by atoms with van der Waals surface area (Å²) in [6.07, 6.45) is 3.36. The summed E-state index contributed by atoms with van der Waals surface area (Å²) in [6.45, 7) is 3.35. The van der Waals surface area contributed by atoms with Gasteiger partial charge in [0.1, 0.15) is 0 Å². The fourth-order valence-electron chi connectivity index (χ4n) is 1.67. The van der Waals surface area contributed by atoms with Crippen LogP contribution in [0.1, 0.15) is 25.3 Å². The number of benzene rings is 1. The molecular weight excluding hydrogens is 241 g/mol. The van der Waals surface area contributed by atoms with E-state index in [1.165, 1.54) is 6.42 Å². The second-order valence-electron chi connectivity index (χ2n) is 4.27. The van der Waals surface area contributed by atoms with Crippen LogP contribution in [-0.4, -0.2) is 13.6 Å². The van der Waals surface area contributed by atoms with Gasteiger partial charge in [-0.25, -0.2) is 0 Å². The number of aryl methyl sites for hydroxylation is 1. The van der Waals surface area contributed by atoms with Crippen LogP contribution in [0.4, 0.5) is 0 Å². The lowest BCUT2D eigenvalue weighted by molar-refractivity contribution is 0.482. The molecule has 1 aromatic rings. The first-order valence-electron chi connectivity index (χ1n) is 5.72. The van der Waals surface area contributed by atoms with Crippen LogP contribution in [0, 0.1) is 5.92 Å². The maximum absolute atomic E-state index is 6.11. The van der Waals surface area contributed by atoms with Crippen LogP contribution in [0.3, 0.4) is 0 Å². The molecule has 0 aliphatic carbocycles. The van der Waals surface area contributed by atoms with E-state index < -0.39 is 0 Å². The number of hydrogen-bond acceptors (Lipinski definition) is 1. The number of halogens is 2. The smallest absolute Gasteiger partial charge is 0.0439 e. The van der Waals surface area contributed by atoms with E-state index in [1.807, 2.05) is 25.2 Å². The third-order valence-electron chi connectivity index (χ3n) is 2.80. The van der Waals surface area contributed by atoms with Gasteiger partial charge in [0.25, 0.3) is 0 Å². The van der Waals surface area contributed by atoms with E-state index in [2.05, 4.69) is 12.2 Å². The highest BCUT2D eigenvalue weighted by molar-refractivity contribution is 6.33. The van der Waals surface area contributed by atoms with Crippen molar-refractivity contribution in [2.45, 2.75) is 26.2 Å². The second-order valence-corrected chi connectivity index (χ2v) is 5.12. The molecule has 1 unspecified atom stereocenters. The minimum Gasteiger partial charge on any atom is -0.320 e. The summed E-state index contributed by atoms with van der Waals surface area (Å²) in [5, 5.41) is 4.76. The zero-order valence-corrected chi connectivity index (χ0v) is 11.4. The molecule has 0 heterocycles. The highest BCUT2D eigenvalue weighted by Gasteiger charge is 2.05. The molecule has 0 aliphatic heterocycles. The Kier molecular flexibility index (Phi) is 6.18. The Morgan fingerprint density at radius 2 is 2.00 bits per heavy atom. The molecule has 0 saturated heterocycles. The van der Waals surface area contributed by atoms with E-state index in [0.717, 1.165) is 35.0 Å². The molecule has 1 aromatic carbocycles. The summed E-state index contributed by atoms with van der Waals surface area (Å²) in [4.78, 5) is 0. The van der Waals surface area contributed by atoms with Crippen LogP contribution in [0.15, 0.2) is 18.2 Å². The Morgan fingerprint density at radius 3 is 2.69 bits per heavy atom. The highest BCUT2D eigenvalue weighted by atomic mass is 35.5. The van der Waals surface area contributed by atoms with E-state index in [1.54, 1.807) is 0 Å². The van der Waals surface area contributed by atoms with Gasteiger partial charge in [0.05, 0.1) is 0 Å². The van der Waals surface area contributed by atoms with Crippen molar-refractivity contribution in [3.05, 3.63) is 33.8 Å². The first-order valence-corrected chi connectivity index (χ1v) is 6.47. The molecule has 1 nitrogen and oxygen atoms in total. The van der Waals surface area contributed by atoms with Gasteiger partial charge in [-0.05, 0) is 62.5 Å². The van der Waals surface area contributed by atoms with E-state index in [9.17, 15) is 0 Å². The van der Waals surface area contributed by atoms with Gasteiger partial charge in [0, 0.05) is 10.0 Å². The third kappa shape index (κ3) is 4.73.